The Morgan fingerprint density at radius 2 is 1.36 bits per heavy atom. The van der Waals surface area contributed by atoms with E-state index in [4.69, 9.17) is 5.11 Å². The van der Waals surface area contributed by atoms with Crippen molar-refractivity contribution in [2.45, 2.75) is 32.6 Å². The molecule has 0 rings (SSSR count). The molecule has 0 saturated heterocycles. The first-order chi connectivity index (χ1) is 3.41. The monoisotopic (exact) mass is 173 g/mol. The maximum Gasteiger partial charge on any atom is 0.0431 e. The molecule has 0 bridgehead atoms. The molecule has 71 valence electrons. The molecule has 0 aliphatic heterocycles. The standard InChI is InChI=1S/C6H14O.B.3FH/c1-2-3-4-5-6-7;;;;/h7H,2-6H2,1H3;;3*1H. The Kier molecular flexibility index (Phi) is 92.1. The normalized spacial score (nSPS) is 6.00. The molecular formula is C6H17BF3O. The summed E-state index contributed by atoms with van der Waals surface area (Å²) < 4.78 is 0. The predicted octanol–water partition coefficient (Wildman–Crippen LogP) is 1.64. The van der Waals surface area contributed by atoms with Gasteiger partial charge in [0.15, 0.2) is 0 Å². The molecule has 0 spiro atoms. The van der Waals surface area contributed by atoms with Crippen LogP contribution in [0.3, 0.4) is 0 Å². The van der Waals surface area contributed by atoms with E-state index >= 15 is 0 Å². The third kappa shape index (κ3) is 41.2. The van der Waals surface area contributed by atoms with Gasteiger partial charge in [0.2, 0.25) is 0 Å². The maximum absolute atomic E-state index is 8.29. The van der Waals surface area contributed by atoms with E-state index in [1.807, 2.05) is 0 Å². The van der Waals surface area contributed by atoms with Crippen molar-refractivity contribution in [1.29, 1.82) is 0 Å². The molecule has 0 saturated carbocycles. The number of hydrogen-bond acceptors (Lipinski definition) is 1. The van der Waals surface area contributed by atoms with E-state index in [1.54, 1.807) is 0 Å². The fourth-order valence-electron chi connectivity index (χ4n) is 0.539. The van der Waals surface area contributed by atoms with Crippen LogP contribution in [-0.2, 0) is 0 Å². The van der Waals surface area contributed by atoms with Gasteiger partial charge in [-0.15, -0.1) is 0 Å². The minimum Gasteiger partial charge on any atom is -0.396 e. The van der Waals surface area contributed by atoms with Crippen LogP contribution in [0.15, 0.2) is 0 Å². The summed E-state index contributed by atoms with van der Waals surface area (Å²) in [5, 5.41) is 8.29. The van der Waals surface area contributed by atoms with Crippen molar-refractivity contribution in [2.24, 2.45) is 0 Å². The van der Waals surface area contributed by atoms with E-state index in [9.17, 15) is 0 Å². The molecule has 0 aromatic rings. The SMILES string of the molecule is CCCCCCO.F.F.F.[B]. The zero-order valence-corrected chi connectivity index (χ0v) is 6.78. The number of unbranched alkanes of at least 4 members (excludes halogenated alkanes) is 3. The second kappa shape index (κ2) is 32.9. The van der Waals surface area contributed by atoms with E-state index in [2.05, 4.69) is 6.92 Å². The van der Waals surface area contributed by atoms with Gasteiger partial charge in [0.05, 0.1) is 0 Å². The summed E-state index contributed by atoms with van der Waals surface area (Å²) in [5.74, 6) is 0. The fourth-order valence-corrected chi connectivity index (χ4v) is 0.539. The summed E-state index contributed by atoms with van der Waals surface area (Å²) in [4.78, 5) is 0. The molecule has 1 nitrogen and oxygen atoms in total. The molecule has 0 aliphatic rings. The van der Waals surface area contributed by atoms with E-state index in [0.717, 1.165) is 6.42 Å². The highest BCUT2D eigenvalue weighted by molar-refractivity contribution is 5.75. The van der Waals surface area contributed by atoms with Gasteiger partial charge in [-0.2, -0.15) is 0 Å². The highest BCUT2D eigenvalue weighted by atomic mass is 19.0. The molecule has 1 N–H and O–H groups in total. The lowest BCUT2D eigenvalue weighted by molar-refractivity contribution is 0.283. The zero-order valence-electron chi connectivity index (χ0n) is 6.78. The summed E-state index contributed by atoms with van der Waals surface area (Å²) in [6.45, 7) is 2.53. The Bertz CT molecular complexity index is 37.0. The average molecular weight is 173 g/mol. The third-order valence-electron chi connectivity index (χ3n) is 1.01. The molecular weight excluding hydrogens is 156 g/mol. The minimum atomic E-state index is 0. The quantitative estimate of drug-likeness (QED) is 0.506. The average Bonchev–Trinajstić information content (AvgIpc) is 1.69. The fraction of sp³-hybridized carbons (Fsp3) is 1.00. The van der Waals surface area contributed by atoms with Crippen LogP contribution in [0.25, 0.3) is 0 Å². The van der Waals surface area contributed by atoms with Gasteiger partial charge >= 0.3 is 0 Å². The Labute approximate surface area is 67.9 Å². The van der Waals surface area contributed by atoms with Crippen LogP contribution in [-0.4, -0.2) is 20.1 Å². The van der Waals surface area contributed by atoms with Crippen molar-refractivity contribution in [3.8, 4) is 0 Å². The summed E-state index contributed by atoms with van der Waals surface area (Å²) in [6, 6.07) is 0. The van der Waals surface area contributed by atoms with Crippen LogP contribution < -0.4 is 0 Å². The number of aliphatic hydroxyl groups is 1. The maximum atomic E-state index is 8.29. The molecule has 3 radical (unpaired) electrons. The lowest BCUT2D eigenvalue weighted by atomic mass is 10.2. The van der Waals surface area contributed by atoms with Crippen LogP contribution >= 0.6 is 0 Å². The molecule has 0 aliphatic carbocycles. The van der Waals surface area contributed by atoms with Crippen LogP contribution in [0.2, 0.25) is 0 Å². The van der Waals surface area contributed by atoms with Gasteiger partial charge < -0.3 is 5.11 Å². The van der Waals surface area contributed by atoms with Gasteiger partial charge in [-0.1, -0.05) is 26.2 Å². The Balaban J connectivity index is -0.0000000300. The summed E-state index contributed by atoms with van der Waals surface area (Å²) in [7, 11) is 0. The summed E-state index contributed by atoms with van der Waals surface area (Å²) in [5.41, 5.74) is 0. The van der Waals surface area contributed by atoms with Gasteiger partial charge in [0, 0.05) is 15.0 Å². The second-order valence-corrected chi connectivity index (χ2v) is 1.78. The molecule has 0 aromatic carbocycles. The van der Waals surface area contributed by atoms with Gasteiger partial charge in [-0.25, -0.2) is 0 Å². The van der Waals surface area contributed by atoms with Crippen LogP contribution in [0.1, 0.15) is 32.6 Å². The Morgan fingerprint density at radius 3 is 1.64 bits per heavy atom. The summed E-state index contributed by atoms with van der Waals surface area (Å²) >= 11 is 0. The molecule has 0 heterocycles. The van der Waals surface area contributed by atoms with Crippen molar-refractivity contribution in [2.75, 3.05) is 6.61 Å². The van der Waals surface area contributed by atoms with Crippen molar-refractivity contribution in [1.82, 2.24) is 0 Å². The van der Waals surface area contributed by atoms with Gasteiger partial charge in [0.25, 0.3) is 0 Å². The first-order valence-electron chi connectivity index (χ1n) is 3.02. The highest BCUT2D eigenvalue weighted by Gasteiger charge is 1.80. The minimum absolute atomic E-state index is 0. The molecule has 0 amide bonds. The third-order valence-corrected chi connectivity index (χ3v) is 1.01. The first-order valence-corrected chi connectivity index (χ1v) is 3.02. The van der Waals surface area contributed by atoms with Crippen molar-refractivity contribution < 1.29 is 19.2 Å². The second-order valence-electron chi connectivity index (χ2n) is 1.78. The Morgan fingerprint density at radius 1 is 0.909 bits per heavy atom. The van der Waals surface area contributed by atoms with Crippen LogP contribution in [0.5, 0.6) is 0 Å². The molecule has 5 heteroatoms. The van der Waals surface area contributed by atoms with E-state index in [-0.39, 0.29) is 22.5 Å². The lowest BCUT2D eigenvalue weighted by Gasteiger charge is -1.90. The summed E-state index contributed by atoms with van der Waals surface area (Å²) in [6.07, 6.45) is 4.68. The number of hydrogen-bond donors (Lipinski definition) is 1. The van der Waals surface area contributed by atoms with E-state index in [0.29, 0.717) is 6.61 Å². The topological polar surface area (TPSA) is 20.2 Å². The molecule has 0 fully saturated rings. The van der Waals surface area contributed by atoms with Gasteiger partial charge in [-0.05, 0) is 6.42 Å². The number of rotatable bonds is 4. The van der Waals surface area contributed by atoms with Gasteiger partial charge in [0.1, 0.15) is 0 Å². The van der Waals surface area contributed by atoms with Crippen molar-refractivity contribution in [3.63, 3.8) is 0 Å². The van der Waals surface area contributed by atoms with Crippen LogP contribution in [0, 0.1) is 0 Å². The predicted molar refractivity (Wildman–Crippen MR) is 44.5 cm³/mol. The first kappa shape index (κ1) is 30.8. The highest BCUT2D eigenvalue weighted by Crippen LogP contribution is 1.95. The molecule has 11 heavy (non-hydrogen) atoms. The van der Waals surface area contributed by atoms with Crippen molar-refractivity contribution in [3.05, 3.63) is 0 Å². The number of aliphatic hydroxyl groups excluding tert-OH is 1. The number of halogens is 3. The van der Waals surface area contributed by atoms with Crippen LogP contribution in [0.4, 0.5) is 14.1 Å². The zero-order chi connectivity index (χ0) is 5.54. The molecule has 0 unspecified atom stereocenters. The lowest BCUT2D eigenvalue weighted by Crippen LogP contribution is -1.80. The largest absolute Gasteiger partial charge is 0.396 e. The van der Waals surface area contributed by atoms with Gasteiger partial charge in [-0.3, -0.25) is 14.1 Å². The van der Waals surface area contributed by atoms with E-state index < -0.39 is 0 Å². The van der Waals surface area contributed by atoms with Crippen molar-refractivity contribution >= 4 is 8.41 Å². The Hall–Kier alpha value is -0.185. The smallest absolute Gasteiger partial charge is 0.0431 e. The molecule has 0 atom stereocenters. The van der Waals surface area contributed by atoms with E-state index in [1.165, 1.54) is 19.3 Å². The molecule has 0 aromatic heterocycles.